The number of rotatable bonds is 2. The van der Waals surface area contributed by atoms with Crippen LogP contribution in [0, 0.1) is 53.7 Å². The number of hydrogen-bond acceptors (Lipinski definition) is 5. The van der Waals surface area contributed by atoms with E-state index >= 15 is 0 Å². The van der Waals surface area contributed by atoms with Crippen molar-refractivity contribution in [2.24, 2.45) is 0 Å². The summed E-state index contributed by atoms with van der Waals surface area (Å²) < 4.78 is 0. The highest BCUT2D eigenvalue weighted by Gasteiger charge is 2.36. The summed E-state index contributed by atoms with van der Waals surface area (Å²) in [6, 6.07) is 31.8. The van der Waals surface area contributed by atoms with E-state index in [2.05, 4.69) is 20.6 Å². The van der Waals surface area contributed by atoms with Gasteiger partial charge in [0.2, 0.25) is 0 Å². The van der Waals surface area contributed by atoms with Crippen LogP contribution in [0.5, 0.6) is 0 Å². The standard InChI is InChI=1S/C38H14N8/c1-42-26-12-8-23(9-13-26)25-11-15-28-30(17-25)34(32(20-41)44-3)38-36(28)46-37-33(31(19-40)43-2)29-16-24(10-14-27(29)35(37)45-38)22-6-4-21(18-39)5-7-22/h4-17H/b33-31-,34-32+. The highest BCUT2D eigenvalue weighted by molar-refractivity contribution is 6.07. The van der Waals surface area contributed by atoms with Crippen LogP contribution in [-0.4, -0.2) is 9.97 Å². The van der Waals surface area contributed by atoms with E-state index in [0.29, 0.717) is 67.4 Å². The van der Waals surface area contributed by atoms with Crippen molar-refractivity contribution >= 4 is 16.8 Å². The van der Waals surface area contributed by atoms with Crippen LogP contribution in [0.25, 0.3) is 70.4 Å². The number of nitriles is 3. The van der Waals surface area contributed by atoms with E-state index in [1.54, 1.807) is 24.3 Å². The van der Waals surface area contributed by atoms with E-state index in [1.165, 1.54) is 0 Å². The van der Waals surface area contributed by atoms with E-state index in [0.717, 1.165) is 22.3 Å². The molecular formula is C38H14N8. The van der Waals surface area contributed by atoms with Crippen molar-refractivity contribution in [3.8, 4) is 63.0 Å². The van der Waals surface area contributed by atoms with Gasteiger partial charge in [-0.3, -0.25) is 0 Å². The molecule has 7 rings (SSSR count). The summed E-state index contributed by atoms with van der Waals surface area (Å²) in [6.07, 6.45) is 0. The number of allylic oxidation sites excluding steroid dienone is 2. The summed E-state index contributed by atoms with van der Waals surface area (Å²) in [5.41, 5.74) is 9.19. The zero-order chi connectivity index (χ0) is 31.9. The fraction of sp³-hybridized carbons (Fsp3) is 0. The van der Waals surface area contributed by atoms with Gasteiger partial charge < -0.3 is 0 Å². The lowest BCUT2D eigenvalue weighted by molar-refractivity contribution is 1.18. The van der Waals surface area contributed by atoms with Crippen molar-refractivity contribution in [3.05, 3.63) is 159 Å². The smallest absolute Gasteiger partial charge is 0.245 e. The monoisotopic (exact) mass is 582 g/mol. The number of fused-ring (bicyclic) bond motifs is 6. The minimum atomic E-state index is -0.128. The molecule has 2 aliphatic rings. The second-order valence-electron chi connectivity index (χ2n) is 10.4. The van der Waals surface area contributed by atoms with Crippen LogP contribution in [-0.2, 0) is 0 Å². The Balaban J connectivity index is 1.46. The first-order chi connectivity index (χ1) is 22.5. The van der Waals surface area contributed by atoms with Gasteiger partial charge in [0.05, 0.1) is 66.3 Å². The van der Waals surface area contributed by atoms with E-state index in [4.69, 9.17) is 29.7 Å². The molecule has 1 heterocycles. The Morgan fingerprint density at radius 2 is 0.957 bits per heavy atom. The molecule has 0 saturated heterocycles. The maximum absolute atomic E-state index is 9.99. The van der Waals surface area contributed by atoms with Gasteiger partial charge in [0, 0.05) is 22.3 Å². The fourth-order valence-electron chi connectivity index (χ4n) is 5.91. The maximum Gasteiger partial charge on any atom is 0.271 e. The van der Waals surface area contributed by atoms with Crippen molar-refractivity contribution in [2.45, 2.75) is 0 Å². The normalized spacial score (nSPS) is 13.6. The zero-order valence-corrected chi connectivity index (χ0v) is 23.7. The molecule has 0 atom stereocenters. The molecule has 1 aromatic heterocycles. The van der Waals surface area contributed by atoms with Crippen LogP contribution in [0.15, 0.2) is 96.3 Å². The van der Waals surface area contributed by atoms with Gasteiger partial charge in [-0.2, -0.15) is 5.26 Å². The quantitative estimate of drug-likeness (QED) is 0.150. The largest absolute Gasteiger partial charge is 0.271 e. The van der Waals surface area contributed by atoms with Crippen molar-refractivity contribution in [1.82, 2.24) is 9.97 Å². The first-order valence-corrected chi connectivity index (χ1v) is 13.8. The first kappa shape index (κ1) is 27.2. The average molecular weight is 583 g/mol. The summed E-state index contributed by atoms with van der Waals surface area (Å²) in [5, 5.41) is 29.2. The number of benzene rings is 4. The van der Waals surface area contributed by atoms with E-state index in [9.17, 15) is 15.8 Å². The molecule has 0 radical (unpaired) electrons. The molecule has 4 aromatic carbocycles. The van der Waals surface area contributed by atoms with Gasteiger partial charge in [-0.25, -0.2) is 35.0 Å². The molecule has 5 aromatic rings. The Bertz CT molecular complexity index is 2300. The average Bonchev–Trinajstić information content (AvgIpc) is 3.60. The molecule has 2 aliphatic carbocycles. The molecule has 0 N–H and O–H groups in total. The van der Waals surface area contributed by atoms with Crippen LogP contribution < -0.4 is 0 Å². The summed E-state index contributed by atoms with van der Waals surface area (Å²) >= 11 is 0. The van der Waals surface area contributed by atoms with Crippen LogP contribution >= 0.6 is 0 Å². The lowest BCUT2D eigenvalue weighted by Gasteiger charge is -2.08. The van der Waals surface area contributed by atoms with Gasteiger partial charge in [0.15, 0.2) is 5.69 Å². The van der Waals surface area contributed by atoms with Gasteiger partial charge in [-0.05, 0) is 57.6 Å². The third-order valence-electron chi connectivity index (χ3n) is 8.04. The van der Waals surface area contributed by atoms with Crippen molar-refractivity contribution < 1.29 is 0 Å². The zero-order valence-electron chi connectivity index (χ0n) is 23.7. The van der Waals surface area contributed by atoms with Crippen LogP contribution in [0.2, 0.25) is 0 Å². The van der Waals surface area contributed by atoms with Crippen LogP contribution in [0.1, 0.15) is 28.1 Å². The molecule has 0 amide bonds. The summed E-state index contributed by atoms with van der Waals surface area (Å²) in [4.78, 5) is 20.5. The lowest BCUT2D eigenvalue weighted by Crippen LogP contribution is -1.98. The second kappa shape index (κ2) is 10.6. The van der Waals surface area contributed by atoms with Gasteiger partial charge in [-0.1, -0.05) is 60.7 Å². The number of hydrogen-bond donors (Lipinski definition) is 0. The van der Waals surface area contributed by atoms with Gasteiger partial charge in [-0.15, -0.1) is 0 Å². The third-order valence-corrected chi connectivity index (χ3v) is 8.04. The lowest BCUT2D eigenvalue weighted by atomic mass is 9.97. The van der Waals surface area contributed by atoms with Crippen molar-refractivity contribution in [3.63, 3.8) is 0 Å². The fourth-order valence-corrected chi connectivity index (χ4v) is 5.91. The molecule has 0 unspecified atom stereocenters. The Morgan fingerprint density at radius 3 is 1.35 bits per heavy atom. The molecule has 8 heteroatoms. The summed E-state index contributed by atoms with van der Waals surface area (Å²) in [7, 11) is 0. The second-order valence-corrected chi connectivity index (χ2v) is 10.4. The topological polar surface area (TPSA) is 110 Å². The molecule has 0 saturated carbocycles. The highest BCUT2D eigenvalue weighted by Crippen LogP contribution is 2.51. The predicted molar refractivity (Wildman–Crippen MR) is 171 cm³/mol. The van der Waals surface area contributed by atoms with Gasteiger partial charge in [0.25, 0.3) is 11.4 Å². The summed E-state index contributed by atoms with van der Waals surface area (Å²) in [6.45, 7) is 22.8. The SMILES string of the molecule is [C-]#[N+]/C(C#N)=C1/c2cc(-c3ccc(C#N)cc3)ccc2-c2nc3c(nc21)-c1ccc(-c2ccc([N+]#[C-])cc2)cc1/C3=C(/C#N)[N+]#[C-]. The van der Waals surface area contributed by atoms with Crippen molar-refractivity contribution in [2.75, 3.05) is 0 Å². The Labute approximate surface area is 263 Å². The molecule has 0 aliphatic heterocycles. The van der Waals surface area contributed by atoms with Gasteiger partial charge >= 0.3 is 0 Å². The highest BCUT2D eigenvalue weighted by atomic mass is 14.9. The van der Waals surface area contributed by atoms with E-state index < -0.39 is 0 Å². The van der Waals surface area contributed by atoms with E-state index in [-0.39, 0.29) is 11.4 Å². The Kier molecular flexibility index (Phi) is 6.26. The maximum atomic E-state index is 9.99. The molecule has 0 bridgehead atoms. The minimum Gasteiger partial charge on any atom is -0.245 e. The molecular weight excluding hydrogens is 568 g/mol. The number of nitrogens with zero attached hydrogens (tertiary/aromatic N) is 8. The molecule has 206 valence electrons. The third kappa shape index (κ3) is 4.02. The Hall–Kier alpha value is -7.62. The number of aromatic nitrogens is 2. The van der Waals surface area contributed by atoms with Gasteiger partial charge in [0.1, 0.15) is 0 Å². The predicted octanol–water partition coefficient (Wildman–Crippen LogP) is 8.60. The molecule has 46 heavy (non-hydrogen) atoms. The van der Waals surface area contributed by atoms with Crippen LogP contribution in [0.3, 0.4) is 0 Å². The Morgan fingerprint density at radius 1 is 0.522 bits per heavy atom. The molecule has 0 spiro atoms. The summed E-state index contributed by atoms with van der Waals surface area (Å²) in [5.74, 6) is 0. The molecule has 8 nitrogen and oxygen atoms in total. The van der Waals surface area contributed by atoms with Crippen LogP contribution in [0.4, 0.5) is 5.69 Å². The van der Waals surface area contributed by atoms with E-state index in [1.807, 2.05) is 72.8 Å². The molecule has 0 fully saturated rings. The van der Waals surface area contributed by atoms with Crippen molar-refractivity contribution in [1.29, 1.82) is 15.8 Å². The minimum absolute atomic E-state index is 0.126. The first-order valence-electron chi connectivity index (χ1n) is 13.8.